The second-order valence-electron chi connectivity index (χ2n) is 6.91. The van der Waals surface area contributed by atoms with Crippen LogP contribution in [-0.4, -0.2) is 20.9 Å². The van der Waals surface area contributed by atoms with Gasteiger partial charge in [-0.1, -0.05) is 19.3 Å². The smallest absolute Gasteiger partial charge is 0.261 e. The molecule has 1 aliphatic carbocycles. The topological polar surface area (TPSA) is 84.5 Å². The zero-order valence-corrected chi connectivity index (χ0v) is 16.8. The Morgan fingerprint density at radius 3 is 2.18 bits per heavy atom. The van der Waals surface area contributed by atoms with Crippen molar-refractivity contribution in [2.75, 3.05) is 16.6 Å². The van der Waals surface area contributed by atoms with E-state index in [2.05, 4.69) is 10.0 Å². The van der Waals surface area contributed by atoms with Crippen LogP contribution in [0.3, 0.4) is 0 Å². The molecule has 28 heavy (non-hydrogen) atoms. The Kier molecular flexibility index (Phi) is 6.57. The number of carbonyl (C=O) groups is 1. The number of hydrogen-bond acceptors (Lipinski definition) is 4. The molecule has 1 saturated carbocycles. The lowest BCUT2D eigenvalue weighted by Crippen LogP contribution is -2.24. The van der Waals surface area contributed by atoms with Gasteiger partial charge in [0.25, 0.3) is 10.0 Å². The number of benzene rings is 2. The van der Waals surface area contributed by atoms with E-state index in [9.17, 15) is 13.2 Å². The van der Waals surface area contributed by atoms with Crippen molar-refractivity contribution in [3.63, 3.8) is 0 Å². The third kappa shape index (κ3) is 5.25. The van der Waals surface area contributed by atoms with Gasteiger partial charge in [-0.3, -0.25) is 9.52 Å². The van der Waals surface area contributed by atoms with Crippen molar-refractivity contribution < 1.29 is 17.9 Å². The molecule has 1 fully saturated rings. The second kappa shape index (κ2) is 9.10. The first-order valence-electron chi connectivity index (χ1n) is 9.64. The Morgan fingerprint density at radius 1 is 0.964 bits per heavy atom. The fraction of sp³-hybridized carbons (Fsp3) is 0.381. The molecule has 6 nitrogen and oxygen atoms in total. The Labute approximate surface area is 166 Å². The zero-order valence-electron chi connectivity index (χ0n) is 16.0. The lowest BCUT2D eigenvalue weighted by Gasteiger charge is -2.20. The van der Waals surface area contributed by atoms with Crippen molar-refractivity contribution >= 4 is 27.3 Å². The standard InChI is InChI=1S/C21H26N2O4S/c1-2-27-19-12-8-18(9-13-19)23-28(25,26)20-14-10-17(11-15-20)22-21(24)16-6-4-3-5-7-16/h8-16,23H,2-7H2,1H3,(H,22,24). The zero-order chi connectivity index (χ0) is 20.0. The van der Waals surface area contributed by atoms with Gasteiger partial charge < -0.3 is 10.1 Å². The lowest BCUT2D eigenvalue weighted by molar-refractivity contribution is -0.120. The van der Waals surface area contributed by atoms with Crippen molar-refractivity contribution in [1.82, 2.24) is 0 Å². The first-order valence-corrected chi connectivity index (χ1v) is 11.1. The van der Waals surface area contributed by atoms with Gasteiger partial charge in [-0.15, -0.1) is 0 Å². The van der Waals surface area contributed by atoms with Crippen molar-refractivity contribution in [3.8, 4) is 5.75 Å². The maximum absolute atomic E-state index is 12.6. The van der Waals surface area contributed by atoms with Gasteiger partial charge in [-0.2, -0.15) is 0 Å². The summed E-state index contributed by atoms with van der Waals surface area (Å²) >= 11 is 0. The van der Waals surface area contributed by atoms with Crippen LogP contribution >= 0.6 is 0 Å². The lowest BCUT2D eigenvalue weighted by atomic mass is 9.88. The first kappa shape index (κ1) is 20.2. The highest BCUT2D eigenvalue weighted by molar-refractivity contribution is 7.92. The molecule has 0 saturated heterocycles. The minimum atomic E-state index is -3.71. The maximum atomic E-state index is 12.6. The minimum absolute atomic E-state index is 0.0165. The molecule has 150 valence electrons. The van der Waals surface area contributed by atoms with Gasteiger partial charge in [-0.25, -0.2) is 8.42 Å². The fourth-order valence-electron chi connectivity index (χ4n) is 3.33. The van der Waals surface area contributed by atoms with Crippen molar-refractivity contribution in [2.45, 2.75) is 43.9 Å². The van der Waals surface area contributed by atoms with Gasteiger partial charge in [0, 0.05) is 17.3 Å². The molecule has 0 bridgehead atoms. The predicted octanol–water partition coefficient (Wildman–Crippen LogP) is 4.40. The average Bonchev–Trinajstić information content (AvgIpc) is 2.70. The quantitative estimate of drug-likeness (QED) is 0.719. The van der Waals surface area contributed by atoms with Crippen LogP contribution < -0.4 is 14.8 Å². The van der Waals surface area contributed by atoms with E-state index < -0.39 is 10.0 Å². The minimum Gasteiger partial charge on any atom is -0.494 e. The molecular formula is C21H26N2O4S. The summed E-state index contributed by atoms with van der Waals surface area (Å²) in [5, 5.41) is 2.89. The van der Waals surface area contributed by atoms with Gasteiger partial charge in [0.15, 0.2) is 0 Å². The number of sulfonamides is 1. The van der Waals surface area contributed by atoms with Gasteiger partial charge in [0.05, 0.1) is 11.5 Å². The van der Waals surface area contributed by atoms with Crippen LogP contribution in [-0.2, 0) is 14.8 Å². The molecule has 0 aliphatic heterocycles. The van der Waals surface area contributed by atoms with Gasteiger partial charge in [-0.05, 0) is 68.3 Å². The number of carbonyl (C=O) groups excluding carboxylic acids is 1. The van der Waals surface area contributed by atoms with E-state index in [1.165, 1.54) is 18.6 Å². The normalized spacial score (nSPS) is 15.0. The second-order valence-corrected chi connectivity index (χ2v) is 8.59. The molecule has 3 rings (SSSR count). The summed E-state index contributed by atoms with van der Waals surface area (Å²) in [5.74, 6) is 0.754. The van der Waals surface area contributed by atoms with E-state index >= 15 is 0 Å². The molecule has 0 atom stereocenters. The number of hydrogen-bond donors (Lipinski definition) is 2. The molecule has 0 spiro atoms. The predicted molar refractivity (Wildman–Crippen MR) is 110 cm³/mol. The molecule has 0 radical (unpaired) electrons. The van der Waals surface area contributed by atoms with Crippen LogP contribution in [0, 0.1) is 5.92 Å². The summed E-state index contributed by atoms with van der Waals surface area (Å²) in [7, 11) is -3.71. The summed E-state index contributed by atoms with van der Waals surface area (Å²) < 4.78 is 33.0. The molecule has 0 heterocycles. The van der Waals surface area contributed by atoms with E-state index in [1.54, 1.807) is 36.4 Å². The largest absolute Gasteiger partial charge is 0.494 e. The summed E-state index contributed by atoms with van der Waals surface area (Å²) in [6.45, 7) is 2.44. The molecule has 0 unspecified atom stereocenters. The van der Waals surface area contributed by atoms with Crippen LogP contribution in [0.4, 0.5) is 11.4 Å². The molecule has 2 aromatic rings. The third-order valence-electron chi connectivity index (χ3n) is 4.83. The molecular weight excluding hydrogens is 376 g/mol. The number of nitrogens with one attached hydrogen (secondary N) is 2. The SMILES string of the molecule is CCOc1ccc(NS(=O)(=O)c2ccc(NC(=O)C3CCCCC3)cc2)cc1. The Balaban J connectivity index is 1.63. The summed E-state index contributed by atoms with van der Waals surface area (Å²) in [5.41, 5.74) is 1.06. The highest BCUT2D eigenvalue weighted by Gasteiger charge is 2.21. The third-order valence-corrected chi connectivity index (χ3v) is 6.22. The fourth-order valence-corrected chi connectivity index (χ4v) is 4.39. The summed E-state index contributed by atoms with van der Waals surface area (Å²) in [6.07, 6.45) is 5.21. The Hall–Kier alpha value is -2.54. The summed E-state index contributed by atoms with van der Waals surface area (Å²) in [6, 6.07) is 13.0. The van der Waals surface area contributed by atoms with Gasteiger partial charge in [0.2, 0.25) is 5.91 Å². The van der Waals surface area contributed by atoms with Crippen LogP contribution in [0.5, 0.6) is 5.75 Å². The Bertz CT molecular complexity index is 887. The highest BCUT2D eigenvalue weighted by atomic mass is 32.2. The van der Waals surface area contributed by atoms with Crippen molar-refractivity contribution in [2.24, 2.45) is 5.92 Å². The number of rotatable bonds is 7. The van der Waals surface area contributed by atoms with Crippen LogP contribution in [0.15, 0.2) is 53.4 Å². The molecule has 1 amide bonds. The van der Waals surface area contributed by atoms with E-state index in [0.717, 1.165) is 25.7 Å². The van der Waals surface area contributed by atoms with Gasteiger partial charge in [0.1, 0.15) is 5.75 Å². The monoisotopic (exact) mass is 402 g/mol. The van der Waals surface area contributed by atoms with E-state index in [-0.39, 0.29) is 16.7 Å². The number of anilines is 2. The van der Waals surface area contributed by atoms with Crippen LogP contribution in [0.1, 0.15) is 39.0 Å². The number of amides is 1. The first-order chi connectivity index (χ1) is 13.5. The maximum Gasteiger partial charge on any atom is 0.261 e. The molecule has 0 aromatic heterocycles. The van der Waals surface area contributed by atoms with E-state index in [0.29, 0.717) is 23.7 Å². The van der Waals surface area contributed by atoms with Crippen molar-refractivity contribution in [3.05, 3.63) is 48.5 Å². The van der Waals surface area contributed by atoms with Gasteiger partial charge >= 0.3 is 0 Å². The molecule has 7 heteroatoms. The van der Waals surface area contributed by atoms with E-state index in [1.807, 2.05) is 6.92 Å². The molecule has 2 aromatic carbocycles. The molecule has 1 aliphatic rings. The van der Waals surface area contributed by atoms with E-state index in [4.69, 9.17) is 4.74 Å². The summed E-state index contributed by atoms with van der Waals surface area (Å²) in [4.78, 5) is 12.4. The Morgan fingerprint density at radius 2 is 1.57 bits per heavy atom. The average molecular weight is 403 g/mol. The molecule has 2 N–H and O–H groups in total. The van der Waals surface area contributed by atoms with Crippen LogP contribution in [0.2, 0.25) is 0 Å². The highest BCUT2D eigenvalue weighted by Crippen LogP contribution is 2.25. The van der Waals surface area contributed by atoms with Crippen LogP contribution in [0.25, 0.3) is 0 Å². The van der Waals surface area contributed by atoms with Crippen molar-refractivity contribution in [1.29, 1.82) is 0 Å². The number of ether oxygens (including phenoxy) is 1.